The van der Waals surface area contributed by atoms with E-state index in [-0.39, 0.29) is 11.1 Å². The first-order chi connectivity index (χ1) is 13.8. The van der Waals surface area contributed by atoms with Crippen molar-refractivity contribution >= 4 is 12.0 Å². The van der Waals surface area contributed by atoms with E-state index < -0.39 is 5.97 Å². The zero-order chi connectivity index (χ0) is 20.9. The first-order valence-electron chi connectivity index (χ1n) is 10.0. The zero-order valence-electron chi connectivity index (χ0n) is 17.6. The Balaban J connectivity index is 1.68. The molecule has 0 bridgehead atoms. The van der Waals surface area contributed by atoms with Gasteiger partial charge in [0.05, 0.1) is 18.1 Å². The molecule has 4 nitrogen and oxygen atoms in total. The van der Waals surface area contributed by atoms with Gasteiger partial charge in [0.2, 0.25) is 0 Å². The second kappa shape index (κ2) is 8.99. The van der Waals surface area contributed by atoms with Crippen LogP contribution in [0.3, 0.4) is 0 Å². The Bertz CT molecular complexity index is 952. The molecule has 0 atom stereocenters. The molecule has 150 valence electrons. The molecule has 1 aromatic heterocycles. The Morgan fingerprint density at radius 1 is 1.14 bits per heavy atom. The van der Waals surface area contributed by atoms with Crippen LogP contribution < -0.4 is 4.74 Å². The Kier molecular flexibility index (Phi) is 6.42. The van der Waals surface area contributed by atoms with Crippen molar-refractivity contribution in [3.8, 4) is 5.75 Å². The molecule has 2 aromatic rings. The van der Waals surface area contributed by atoms with Crippen molar-refractivity contribution in [1.29, 1.82) is 0 Å². The minimum atomic E-state index is -0.516. The first-order valence-corrected chi connectivity index (χ1v) is 10.0. The molecule has 0 aliphatic heterocycles. The maximum Gasteiger partial charge on any atom is 0.363 e. The summed E-state index contributed by atoms with van der Waals surface area (Å²) < 4.78 is 5.28. The number of carbonyl (C=O) groups is 1. The predicted molar refractivity (Wildman–Crippen MR) is 117 cm³/mol. The Morgan fingerprint density at radius 2 is 1.90 bits per heavy atom. The van der Waals surface area contributed by atoms with Gasteiger partial charge in [0, 0.05) is 0 Å². The van der Waals surface area contributed by atoms with Crippen molar-refractivity contribution < 1.29 is 9.53 Å². The molecule has 1 aliphatic rings. The maximum atomic E-state index is 12.2. The second-order valence-electron chi connectivity index (χ2n) is 8.18. The van der Waals surface area contributed by atoms with Gasteiger partial charge in [0.25, 0.3) is 0 Å². The number of esters is 1. The van der Waals surface area contributed by atoms with Gasteiger partial charge in [-0.2, -0.15) is 0 Å². The summed E-state index contributed by atoms with van der Waals surface area (Å²) in [6.07, 6.45) is 13.0. The highest BCUT2D eigenvalue weighted by Gasteiger charge is 2.26. The summed E-state index contributed by atoms with van der Waals surface area (Å²) in [5.41, 5.74) is 5.11. The van der Waals surface area contributed by atoms with Crippen LogP contribution in [0.2, 0.25) is 0 Å². The van der Waals surface area contributed by atoms with Crippen LogP contribution in [-0.2, 0) is 0 Å². The summed E-state index contributed by atoms with van der Waals surface area (Å²) >= 11 is 0. The normalized spacial score (nSPS) is 16.9. The number of hydrogen-bond acceptors (Lipinski definition) is 4. The highest BCUT2D eigenvalue weighted by Crippen LogP contribution is 2.40. The molecule has 0 radical (unpaired) electrons. The molecule has 3 rings (SSSR count). The molecule has 0 amide bonds. The van der Waals surface area contributed by atoms with Crippen molar-refractivity contribution in [3.05, 3.63) is 83.0 Å². The number of rotatable bonds is 5. The number of aromatic nitrogens is 2. The van der Waals surface area contributed by atoms with E-state index in [4.69, 9.17) is 4.74 Å². The second-order valence-corrected chi connectivity index (χ2v) is 8.18. The molecular weight excluding hydrogens is 360 g/mol. The van der Waals surface area contributed by atoms with Gasteiger partial charge in [-0.15, -0.1) is 0 Å². The lowest BCUT2D eigenvalue weighted by Crippen LogP contribution is -2.19. The number of ether oxygens (including phenoxy) is 1. The van der Waals surface area contributed by atoms with E-state index in [1.807, 2.05) is 31.2 Å². The van der Waals surface area contributed by atoms with Crippen LogP contribution in [0.5, 0.6) is 5.75 Å². The Hall–Kier alpha value is -3.01. The lowest BCUT2D eigenvalue weighted by molar-refractivity contribution is 0.0728. The number of hydrogen-bond donors (Lipinski definition) is 0. The molecule has 0 fully saturated rings. The zero-order valence-corrected chi connectivity index (χ0v) is 17.6. The van der Waals surface area contributed by atoms with Crippen molar-refractivity contribution in [3.63, 3.8) is 0 Å². The lowest BCUT2D eigenvalue weighted by Gasteiger charge is -2.32. The summed E-state index contributed by atoms with van der Waals surface area (Å²) in [4.78, 5) is 20.7. The average molecular weight is 389 g/mol. The fourth-order valence-electron chi connectivity index (χ4n) is 3.67. The molecule has 0 unspecified atom stereocenters. The highest BCUT2D eigenvalue weighted by molar-refractivity contribution is 5.88. The van der Waals surface area contributed by atoms with Gasteiger partial charge in [-0.05, 0) is 67.9 Å². The van der Waals surface area contributed by atoms with Gasteiger partial charge >= 0.3 is 5.97 Å². The van der Waals surface area contributed by atoms with Gasteiger partial charge in [-0.25, -0.2) is 9.78 Å². The fourth-order valence-corrected chi connectivity index (χ4v) is 3.67. The topological polar surface area (TPSA) is 52.1 Å². The van der Waals surface area contributed by atoms with Crippen LogP contribution in [0.15, 0.2) is 71.6 Å². The number of allylic oxidation sites excluding steroid dienone is 5. The van der Waals surface area contributed by atoms with Gasteiger partial charge in [0.1, 0.15) is 5.75 Å². The molecule has 4 heteroatoms. The highest BCUT2D eigenvalue weighted by atomic mass is 16.5. The van der Waals surface area contributed by atoms with Crippen molar-refractivity contribution in [2.24, 2.45) is 5.41 Å². The van der Waals surface area contributed by atoms with Crippen LogP contribution in [0.25, 0.3) is 6.08 Å². The summed E-state index contributed by atoms with van der Waals surface area (Å²) in [6, 6.07) is 8.93. The standard InChI is InChI=1S/C25H28N2O2/c1-18(12-13-22-19(2)9-8-14-25(22,3)4)15-20-16-27-23(17-26-20)24(28)29-21-10-6-5-7-11-21/h5-7,10-13,15-17H,8-9,14H2,1-4H3/b13-12?,18-15+. The third-order valence-electron chi connectivity index (χ3n) is 5.27. The minimum absolute atomic E-state index is 0.184. The van der Waals surface area contributed by atoms with Crippen LogP contribution in [0, 0.1) is 5.41 Å². The monoisotopic (exact) mass is 388 g/mol. The van der Waals surface area contributed by atoms with E-state index in [2.05, 4.69) is 42.9 Å². The van der Waals surface area contributed by atoms with E-state index in [9.17, 15) is 4.79 Å². The summed E-state index contributed by atoms with van der Waals surface area (Å²) in [6.45, 7) is 8.90. The molecule has 0 saturated heterocycles. The fraction of sp³-hybridized carbons (Fsp3) is 0.320. The molecule has 29 heavy (non-hydrogen) atoms. The maximum absolute atomic E-state index is 12.2. The van der Waals surface area contributed by atoms with Crippen molar-refractivity contribution in [2.45, 2.75) is 47.0 Å². The molecule has 1 heterocycles. The van der Waals surface area contributed by atoms with Crippen LogP contribution in [-0.4, -0.2) is 15.9 Å². The van der Waals surface area contributed by atoms with Crippen molar-refractivity contribution in [1.82, 2.24) is 9.97 Å². The van der Waals surface area contributed by atoms with E-state index in [0.717, 1.165) is 5.57 Å². The summed E-state index contributed by atoms with van der Waals surface area (Å²) in [5, 5.41) is 0. The number of carbonyl (C=O) groups excluding carboxylic acids is 1. The summed E-state index contributed by atoms with van der Waals surface area (Å²) in [7, 11) is 0. The largest absolute Gasteiger partial charge is 0.422 e. The van der Waals surface area contributed by atoms with Crippen LogP contribution >= 0.6 is 0 Å². The van der Waals surface area contributed by atoms with Gasteiger partial charge in [0.15, 0.2) is 5.69 Å². The SMILES string of the molecule is CC1=C(C=C/C(C)=C/c2cnc(C(=O)Oc3ccccc3)cn2)C(C)(C)CCC1. The Labute approximate surface area is 173 Å². The molecule has 0 saturated carbocycles. The summed E-state index contributed by atoms with van der Waals surface area (Å²) in [5.74, 6) is -0.0303. The van der Waals surface area contributed by atoms with Gasteiger partial charge in [-0.3, -0.25) is 4.98 Å². The third kappa shape index (κ3) is 5.50. The van der Waals surface area contributed by atoms with E-state index in [1.54, 1.807) is 18.3 Å². The van der Waals surface area contributed by atoms with Crippen LogP contribution in [0.1, 0.15) is 63.1 Å². The smallest absolute Gasteiger partial charge is 0.363 e. The predicted octanol–water partition coefficient (Wildman–Crippen LogP) is 6.18. The third-order valence-corrected chi connectivity index (χ3v) is 5.27. The van der Waals surface area contributed by atoms with E-state index >= 15 is 0 Å². The van der Waals surface area contributed by atoms with Gasteiger partial charge in [-0.1, -0.05) is 49.8 Å². The molecule has 0 N–H and O–H groups in total. The number of nitrogens with zero attached hydrogens (tertiary/aromatic N) is 2. The van der Waals surface area contributed by atoms with Gasteiger partial charge < -0.3 is 4.74 Å². The molecular formula is C25H28N2O2. The van der Waals surface area contributed by atoms with E-state index in [1.165, 1.54) is 36.6 Å². The number of para-hydroxylation sites is 1. The number of benzene rings is 1. The lowest BCUT2D eigenvalue weighted by atomic mass is 9.72. The molecule has 1 aliphatic carbocycles. The molecule has 1 aromatic carbocycles. The molecule has 0 spiro atoms. The van der Waals surface area contributed by atoms with Crippen LogP contribution in [0.4, 0.5) is 0 Å². The quantitative estimate of drug-likeness (QED) is 0.348. The van der Waals surface area contributed by atoms with E-state index in [0.29, 0.717) is 11.4 Å². The first kappa shape index (κ1) is 20.7. The van der Waals surface area contributed by atoms with Crippen molar-refractivity contribution in [2.75, 3.05) is 0 Å². The average Bonchev–Trinajstić information content (AvgIpc) is 2.68. The Morgan fingerprint density at radius 3 is 2.55 bits per heavy atom. The minimum Gasteiger partial charge on any atom is -0.422 e.